The molecule has 0 aliphatic heterocycles. The van der Waals surface area contributed by atoms with E-state index in [4.69, 9.17) is 11.6 Å². The van der Waals surface area contributed by atoms with Gasteiger partial charge in [0.1, 0.15) is 11.5 Å². The van der Waals surface area contributed by atoms with E-state index >= 15 is 0 Å². The molecule has 0 aliphatic rings. The molecule has 0 amide bonds. The topological polar surface area (TPSA) is 55.1 Å². The maximum Gasteiger partial charge on any atom is 0.278 e. The number of aryl methyl sites for hydroxylation is 2. The van der Waals surface area contributed by atoms with Crippen LogP contribution in [0, 0.1) is 12.7 Å². The van der Waals surface area contributed by atoms with Gasteiger partial charge in [0.2, 0.25) is 0 Å². The van der Waals surface area contributed by atoms with Crippen LogP contribution in [0.5, 0.6) is 5.75 Å². The lowest BCUT2D eigenvalue weighted by Crippen LogP contribution is -2.22. The zero-order valence-electron chi connectivity index (χ0n) is 14.5. The summed E-state index contributed by atoms with van der Waals surface area (Å²) in [6.45, 7) is 1.62. The molecule has 0 atom stereocenters. The molecule has 2 aromatic carbocycles. The Morgan fingerprint density at radius 2 is 1.85 bits per heavy atom. The van der Waals surface area contributed by atoms with E-state index in [9.17, 15) is 14.3 Å². The second-order valence-corrected chi connectivity index (χ2v) is 7.68. The van der Waals surface area contributed by atoms with E-state index in [0.29, 0.717) is 21.7 Å². The molecule has 0 radical (unpaired) electrons. The van der Waals surface area contributed by atoms with Crippen molar-refractivity contribution < 1.29 is 9.50 Å². The lowest BCUT2D eigenvalue weighted by Gasteiger charge is -2.10. The third-order valence-corrected chi connectivity index (χ3v) is 5.87. The van der Waals surface area contributed by atoms with E-state index in [1.165, 1.54) is 35.2 Å². The van der Waals surface area contributed by atoms with Gasteiger partial charge in [0.15, 0.2) is 5.75 Å². The van der Waals surface area contributed by atoms with Crippen LogP contribution in [0.15, 0.2) is 47.3 Å². The van der Waals surface area contributed by atoms with Gasteiger partial charge in [-0.15, -0.1) is 11.3 Å². The number of halogens is 2. The first-order chi connectivity index (χ1) is 12.9. The molecule has 7 heteroatoms. The van der Waals surface area contributed by atoms with Gasteiger partial charge < -0.3 is 5.11 Å². The largest absolute Gasteiger partial charge is 0.505 e. The number of hydrogen-bond donors (Lipinski definition) is 1. The Balaban J connectivity index is 2.17. The Hall–Kier alpha value is -2.70. The van der Waals surface area contributed by atoms with Gasteiger partial charge in [-0.25, -0.2) is 9.07 Å². The average molecular weight is 401 g/mol. The fourth-order valence-corrected chi connectivity index (χ4v) is 4.43. The predicted octanol–water partition coefficient (Wildman–Crippen LogP) is 5.14. The summed E-state index contributed by atoms with van der Waals surface area (Å²) in [4.78, 5) is 13.6. The number of aromatic nitrogens is 2. The number of fused-ring (bicyclic) bond motifs is 1. The van der Waals surface area contributed by atoms with Crippen LogP contribution >= 0.6 is 22.9 Å². The maximum atomic E-state index is 14.0. The second kappa shape index (κ2) is 6.48. The van der Waals surface area contributed by atoms with Crippen LogP contribution in [0.2, 0.25) is 5.02 Å². The van der Waals surface area contributed by atoms with Gasteiger partial charge in [-0.3, -0.25) is 4.79 Å². The molecule has 0 unspecified atom stereocenters. The molecule has 136 valence electrons. The van der Waals surface area contributed by atoms with Crippen LogP contribution in [0.3, 0.4) is 0 Å². The maximum absolute atomic E-state index is 14.0. The summed E-state index contributed by atoms with van der Waals surface area (Å²) >= 11 is 7.43. The van der Waals surface area contributed by atoms with Crippen LogP contribution in [0.1, 0.15) is 5.69 Å². The second-order valence-electron chi connectivity index (χ2n) is 6.19. The van der Waals surface area contributed by atoms with Crippen molar-refractivity contribution >= 4 is 33.0 Å². The van der Waals surface area contributed by atoms with Crippen molar-refractivity contribution in [1.82, 2.24) is 9.78 Å². The average Bonchev–Trinajstić information content (AvgIpc) is 2.99. The fraction of sp³-hybridized carbons (Fsp3) is 0.100. The molecule has 0 bridgehead atoms. The van der Waals surface area contributed by atoms with Crippen molar-refractivity contribution in [2.45, 2.75) is 6.92 Å². The third-order valence-electron chi connectivity index (χ3n) is 4.39. The first-order valence-corrected chi connectivity index (χ1v) is 9.31. The number of benzene rings is 2. The number of hydrogen-bond acceptors (Lipinski definition) is 4. The summed E-state index contributed by atoms with van der Waals surface area (Å²) in [5.74, 6) is -0.608. The minimum absolute atomic E-state index is 0.117. The molecule has 0 spiro atoms. The SMILES string of the molecule is Cc1nn(C)c(=O)c(-c2c(-c3ccc(Cl)cc3)sc3ccc(F)cc23)c1O. The molecule has 4 nitrogen and oxygen atoms in total. The Kier molecular flexibility index (Phi) is 4.25. The summed E-state index contributed by atoms with van der Waals surface area (Å²) in [5.41, 5.74) is 1.32. The highest BCUT2D eigenvalue weighted by atomic mass is 35.5. The Morgan fingerprint density at radius 3 is 2.56 bits per heavy atom. The number of nitrogens with zero attached hydrogens (tertiary/aromatic N) is 2. The molecular weight excluding hydrogens is 387 g/mol. The lowest BCUT2D eigenvalue weighted by molar-refractivity contribution is 0.460. The molecule has 4 aromatic rings. The first kappa shape index (κ1) is 17.7. The molecule has 0 fully saturated rings. The van der Waals surface area contributed by atoms with Gasteiger partial charge in [0.05, 0.1) is 5.56 Å². The molecule has 0 saturated heterocycles. The van der Waals surface area contributed by atoms with E-state index < -0.39 is 11.4 Å². The van der Waals surface area contributed by atoms with Crippen molar-refractivity contribution in [3.63, 3.8) is 0 Å². The monoisotopic (exact) mass is 400 g/mol. The molecule has 2 heterocycles. The number of rotatable bonds is 2. The smallest absolute Gasteiger partial charge is 0.278 e. The van der Waals surface area contributed by atoms with Gasteiger partial charge >= 0.3 is 0 Å². The van der Waals surface area contributed by atoms with Crippen LogP contribution in [-0.2, 0) is 7.05 Å². The van der Waals surface area contributed by atoms with Crippen molar-refractivity contribution in [2.24, 2.45) is 7.05 Å². The number of aromatic hydroxyl groups is 1. The van der Waals surface area contributed by atoms with Crippen LogP contribution in [-0.4, -0.2) is 14.9 Å². The fourth-order valence-electron chi connectivity index (χ4n) is 3.11. The molecule has 4 rings (SSSR count). The summed E-state index contributed by atoms with van der Waals surface area (Å²) in [5, 5.41) is 15.8. The molecule has 1 N–H and O–H groups in total. The highest BCUT2D eigenvalue weighted by molar-refractivity contribution is 7.23. The summed E-state index contributed by atoms with van der Waals surface area (Å²) in [7, 11) is 1.52. The summed E-state index contributed by atoms with van der Waals surface area (Å²) < 4.78 is 16.0. The van der Waals surface area contributed by atoms with Crippen molar-refractivity contribution in [3.05, 3.63) is 69.4 Å². The van der Waals surface area contributed by atoms with Gasteiger partial charge in [-0.2, -0.15) is 5.10 Å². The standard InChI is InChI=1S/C20H14ClFN2O2S/c1-10-18(25)17(20(26)24(2)23-10)16-14-9-13(22)7-8-15(14)27-19(16)11-3-5-12(21)6-4-11/h3-9,25H,1-2H3. The molecule has 27 heavy (non-hydrogen) atoms. The van der Waals surface area contributed by atoms with Crippen molar-refractivity contribution in [1.29, 1.82) is 0 Å². The van der Waals surface area contributed by atoms with Gasteiger partial charge in [0, 0.05) is 32.6 Å². The van der Waals surface area contributed by atoms with Crippen molar-refractivity contribution in [2.75, 3.05) is 0 Å². The quantitative estimate of drug-likeness (QED) is 0.507. The zero-order valence-corrected chi connectivity index (χ0v) is 16.0. The van der Waals surface area contributed by atoms with E-state index in [-0.39, 0.29) is 11.3 Å². The van der Waals surface area contributed by atoms with E-state index in [0.717, 1.165) is 15.1 Å². The van der Waals surface area contributed by atoms with Gasteiger partial charge in [-0.1, -0.05) is 23.7 Å². The molecule has 0 aliphatic carbocycles. The van der Waals surface area contributed by atoms with Gasteiger partial charge in [0.25, 0.3) is 5.56 Å². The zero-order chi connectivity index (χ0) is 19.3. The first-order valence-electron chi connectivity index (χ1n) is 8.12. The molecule has 0 saturated carbocycles. The van der Waals surface area contributed by atoms with Crippen LogP contribution < -0.4 is 5.56 Å². The normalized spacial score (nSPS) is 11.3. The Morgan fingerprint density at radius 1 is 1.15 bits per heavy atom. The highest BCUT2D eigenvalue weighted by Crippen LogP contribution is 2.46. The third kappa shape index (κ3) is 2.91. The summed E-state index contributed by atoms with van der Waals surface area (Å²) in [6, 6.07) is 11.6. The lowest BCUT2D eigenvalue weighted by atomic mass is 9.98. The summed E-state index contributed by atoms with van der Waals surface area (Å²) in [6.07, 6.45) is 0. The predicted molar refractivity (Wildman–Crippen MR) is 107 cm³/mol. The van der Waals surface area contributed by atoms with Crippen LogP contribution in [0.25, 0.3) is 31.7 Å². The van der Waals surface area contributed by atoms with E-state index in [1.54, 1.807) is 25.1 Å². The minimum Gasteiger partial charge on any atom is -0.505 e. The van der Waals surface area contributed by atoms with Gasteiger partial charge in [-0.05, 0) is 42.8 Å². The highest BCUT2D eigenvalue weighted by Gasteiger charge is 2.23. The Bertz CT molecular complexity index is 1250. The Labute approximate surface area is 163 Å². The van der Waals surface area contributed by atoms with Crippen LogP contribution in [0.4, 0.5) is 4.39 Å². The number of thiophene rings is 1. The van der Waals surface area contributed by atoms with E-state index in [1.807, 2.05) is 12.1 Å². The molecular formula is C20H14ClFN2O2S. The van der Waals surface area contributed by atoms with E-state index in [2.05, 4.69) is 5.10 Å². The van der Waals surface area contributed by atoms with Crippen molar-refractivity contribution in [3.8, 4) is 27.3 Å². The minimum atomic E-state index is -0.447. The molecule has 2 aromatic heterocycles.